The maximum absolute atomic E-state index is 11.2. The molecule has 0 aliphatic heterocycles. The van der Waals surface area contributed by atoms with Gasteiger partial charge in [-0.3, -0.25) is 4.79 Å². The summed E-state index contributed by atoms with van der Waals surface area (Å²) in [6.45, 7) is 4.86. The molecule has 1 amide bonds. The fraction of sp³-hybridized carbons (Fsp3) is 0.700. The molecule has 17 heavy (non-hydrogen) atoms. The number of quaternary nitrogens is 1. The number of nitrogens with one attached hydrogen (secondary N) is 1. The van der Waals surface area contributed by atoms with Gasteiger partial charge in [0.1, 0.15) is 13.2 Å². The molecule has 0 spiro atoms. The SMILES string of the molecule is C=CC(=O)NCCO[P+](=O)OCC[N+](C)(C)C. The van der Waals surface area contributed by atoms with Gasteiger partial charge in [0.05, 0.1) is 21.1 Å². The summed E-state index contributed by atoms with van der Waals surface area (Å²) in [5.74, 6) is -0.283. The molecule has 98 valence electrons. The zero-order valence-electron chi connectivity index (χ0n) is 10.6. The maximum Gasteiger partial charge on any atom is 0.697 e. The highest BCUT2D eigenvalue weighted by Crippen LogP contribution is 2.22. The van der Waals surface area contributed by atoms with Crippen molar-refractivity contribution in [1.82, 2.24) is 5.32 Å². The van der Waals surface area contributed by atoms with E-state index in [-0.39, 0.29) is 19.1 Å². The van der Waals surface area contributed by atoms with Gasteiger partial charge in [-0.05, 0) is 6.08 Å². The zero-order chi connectivity index (χ0) is 13.3. The average molecular weight is 264 g/mol. The molecule has 0 aliphatic rings. The molecule has 0 bridgehead atoms. The molecule has 0 aliphatic carbocycles. The van der Waals surface area contributed by atoms with Crippen molar-refractivity contribution in [1.29, 1.82) is 0 Å². The first-order valence-corrected chi connectivity index (χ1v) is 6.38. The van der Waals surface area contributed by atoms with Crippen molar-refractivity contribution in [2.45, 2.75) is 0 Å². The van der Waals surface area contributed by atoms with Crippen LogP contribution < -0.4 is 5.32 Å². The van der Waals surface area contributed by atoms with Gasteiger partial charge in [0.25, 0.3) is 0 Å². The largest absolute Gasteiger partial charge is 0.697 e. The second-order valence-corrected chi connectivity index (χ2v) is 5.36. The monoisotopic (exact) mass is 264 g/mol. The molecule has 0 saturated heterocycles. The van der Waals surface area contributed by atoms with Crippen LogP contribution in [0.3, 0.4) is 0 Å². The Morgan fingerprint density at radius 3 is 2.47 bits per heavy atom. The quantitative estimate of drug-likeness (QED) is 0.288. The first kappa shape index (κ1) is 16.2. The number of hydrogen-bond donors (Lipinski definition) is 1. The van der Waals surface area contributed by atoms with E-state index in [0.29, 0.717) is 6.61 Å². The molecule has 1 unspecified atom stereocenters. The molecule has 6 nitrogen and oxygen atoms in total. The van der Waals surface area contributed by atoms with E-state index in [1.54, 1.807) is 0 Å². The van der Waals surface area contributed by atoms with Crippen molar-refractivity contribution >= 4 is 14.2 Å². The summed E-state index contributed by atoms with van der Waals surface area (Å²) < 4.78 is 21.8. The predicted octanol–water partition coefficient (Wildman–Crippen LogP) is 0.685. The molecule has 1 N–H and O–H groups in total. The highest BCUT2D eigenvalue weighted by Gasteiger charge is 2.21. The number of likely N-dealkylation sites (N-methyl/N-ethyl adjacent to an activating group) is 1. The van der Waals surface area contributed by atoms with Gasteiger partial charge in [0, 0.05) is 11.1 Å². The molecule has 0 fully saturated rings. The predicted molar refractivity (Wildman–Crippen MR) is 65.6 cm³/mol. The van der Waals surface area contributed by atoms with Crippen molar-refractivity contribution in [3.05, 3.63) is 12.7 Å². The zero-order valence-corrected chi connectivity index (χ0v) is 11.5. The van der Waals surface area contributed by atoms with E-state index in [1.807, 2.05) is 21.1 Å². The third-order valence-electron chi connectivity index (χ3n) is 1.74. The minimum atomic E-state index is -2.11. The van der Waals surface area contributed by atoms with Crippen LogP contribution >= 0.6 is 8.25 Å². The van der Waals surface area contributed by atoms with Gasteiger partial charge in [-0.15, -0.1) is 9.05 Å². The summed E-state index contributed by atoms with van der Waals surface area (Å²) in [7, 11) is 3.94. The molecular weight excluding hydrogens is 243 g/mol. The van der Waals surface area contributed by atoms with Crippen molar-refractivity contribution in [2.24, 2.45) is 0 Å². The Balaban J connectivity index is 3.47. The van der Waals surface area contributed by atoms with Gasteiger partial charge in [0.15, 0.2) is 6.61 Å². The van der Waals surface area contributed by atoms with Gasteiger partial charge in [-0.2, -0.15) is 0 Å². The summed E-state index contributed by atoms with van der Waals surface area (Å²) in [5.41, 5.74) is 0. The minimum absolute atomic E-state index is 0.152. The number of rotatable bonds is 9. The van der Waals surface area contributed by atoms with Crippen molar-refractivity contribution in [2.75, 3.05) is 47.4 Å². The van der Waals surface area contributed by atoms with Gasteiger partial charge >= 0.3 is 8.25 Å². The molecule has 1 atom stereocenters. The summed E-state index contributed by atoms with van der Waals surface area (Å²) in [5, 5.41) is 2.50. The van der Waals surface area contributed by atoms with E-state index in [2.05, 4.69) is 11.9 Å². The number of amides is 1. The Hall–Kier alpha value is -0.810. The molecule has 0 heterocycles. The van der Waals surface area contributed by atoms with Gasteiger partial charge in [-0.1, -0.05) is 6.58 Å². The Kier molecular flexibility index (Phi) is 7.91. The van der Waals surface area contributed by atoms with Gasteiger partial charge < -0.3 is 9.80 Å². The summed E-state index contributed by atoms with van der Waals surface area (Å²) in [6.07, 6.45) is 1.16. The van der Waals surface area contributed by atoms with E-state index >= 15 is 0 Å². The maximum atomic E-state index is 11.2. The van der Waals surface area contributed by atoms with Crippen LogP contribution in [0.15, 0.2) is 12.7 Å². The fourth-order valence-electron chi connectivity index (χ4n) is 0.793. The van der Waals surface area contributed by atoms with Crippen molar-refractivity contribution in [3.63, 3.8) is 0 Å². The second kappa shape index (κ2) is 8.31. The fourth-order valence-corrected chi connectivity index (χ4v) is 1.34. The summed E-state index contributed by atoms with van der Waals surface area (Å²) >= 11 is 0. The highest BCUT2D eigenvalue weighted by atomic mass is 31.1. The smallest absolute Gasteiger partial charge is 0.350 e. The average Bonchev–Trinajstić information content (AvgIpc) is 2.22. The minimum Gasteiger partial charge on any atom is -0.350 e. The van der Waals surface area contributed by atoms with Crippen LogP contribution in [0.2, 0.25) is 0 Å². The lowest BCUT2D eigenvalue weighted by Crippen LogP contribution is -2.37. The molecular formula is C10H21N2O4P+2. The third-order valence-corrected chi connectivity index (χ3v) is 2.53. The van der Waals surface area contributed by atoms with E-state index in [1.165, 1.54) is 0 Å². The third kappa shape index (κ3) is 11.5. The lowest BCUT2D eigenvalue weighted by molar-refractivity contribution is -0.870. The van der Waals surface area contributed by atoms with E-state index in [4.69, 9.17) is 9.05 Å². The Morgan fingerprint density at radius 2 is 1.94 bits per heavy atom. The van der Waals surface area contributed by atoms with Crippen molar-refractivity contribution < 1.29 is 22.9 Å². The van der Waals surface area contributed by atoms with Crippen LogP contribution in [-0.4, -0.2) is 57.8 Å². The van der Waals surface area contributed by atoms with Crippen LogP contribution in [0.4, 0.5) is 0 Å². The lowest BCUT2D eigenvalue weighted by Gasteiger charge is -2.21. The first-order chi connectivity index (χ1) is 7.85. The van der Waals surface area contributed by atoms with Crippen LogP contribution in [-0.2, 0) is 18.4 Å². The Bertz CT molecular complexity index is 276. The molecule has 0 aromatic carbocycles. The molecule has 0 rings (SSSR count). The standard InChI is InChI=1S/C10H20N2O4P/c1-5-10(13)11-6-8-15-17(14)16-9-7-12(2,3)4/h5H,1,6-9H2,2-4H3/q+1/p+1. The van der Waals surface area contributed by atoms with Gasteiger partial charge in [0.2, 0.25) is 5.91 Å². The van der Waals surface area contributed by atoms with Crippen LogP contribution in [0, 0.1) is 0 Å². The normalized spacial score (nSPS) is 12.1. The number of nitrogens with zero attached hydrogens (tertiary/aromatic N) is 1. The molecule has 0 radical (unpaired) electrons. The van der Waals surface area contributed by atoms with Crippen LogP contribution in [0.5, 0.6) is 0 Å². The van der Waals surface area contributed by atoms with E-state index in [9.17, 15) is 9.36 Å². The van der Waals surface area contributed by atoms with Crippen LogP contribution in [0.1, 0.15) is 0 Å². The molecule has 0 aromatic rings. The topological polar surface area (TPSA) is 64.6 Å². The lowest BCUT2D eigenvalue weighted by atomic mass is 10.5. The Labute approximate surface area is 103 Å². The first-order valence-electron chi connectivity index (χ1n) is 5.29. The Morgan fingerprint density at radius 1 is 1.35 bits per heavy atom. The number of hydrogen-bond acceptors (Lipinski definition) is 4. The van der Waals surface area contributed by atoms with Crippen LogP contribution in [0.25, 0.3) is 0 Å². The summed E-state index contributed by atoms with van der Waals surface area (Å²) in [4.78, 5) is 10.7. The number of carbonyl (C=O) groups is 1. The molecule has 0 saturated carbocycles. The highest BCUT2D eigenvalue weighted by molar-refractivity contribution is 7.33. The van der Waals surface area contributed by atoms with Gasteiger partial charge in [-0.25, -0.2) is 0 Å². The molecule has 7 heteroatoms. The summed E-state index contributed by atoms with van der Waals surface area (Å²) in [6, 6.07) is 0. The van der Waals surface area contributed by atoms with Crippen molar-refractivity contribution in [3.8, 4) is 0 Å². The molecule has 0 aromatic heterocycles. The number of carbonyl (C=O) groups excluding carboxylic acids is 1. The second-order valence-electron chi connectivity index (χ2n) is 4.40. The van der Waals surface area contributed by atoms with E-state index in [0.717, 1.165) is 17.1 Å². The van der Waals surface area contributed by atoms with E-state index < -0.39 is 8.25 Å².